The molecule has 1 aliphatic rings. The minimum Gasteiger partial charge on any atom is -0.468 e. The second-order valence-electron chi connectivity index (χ2n) is 6.84. The zero-order valence-electron chi connectivity index (χ0n) is 18.8. The van der Waals surface area contributed by atoms with Crippen LogP contribution < -0.4 is 0 Å². The molecule has 0 aromatic rings. The van der Waals surface area contributed by atoms with Gasteiger partial charge in [0.1, 0.15) is 12.7 Å². The third-order valence-corrected chi connectivity index (χ3v) is 4.63. The molecule has 0 spiro atoms. The lowest BCUT2D eigenvalue weighted by Gasteiger charge is -2.49. The van der Waals surface area contributed by atoms with E-state index in [1.807, 2.05) is 0 Å². The summed E-state index contributed by atoms with van der Waals surface area (Å²) in [4.78, 5) is 72.6. The molecule has 0 saturated carbocycles. The van der Waals surface area contributed by atoms with Crippen LogP contribution in [-0.2, 0) is 61.9 Å². The second kappa shape index (κ2) is 11.6. The Labute approximate surface area is 188 Å². The molecule has 5 atom stereocenters. The van der Waals surface area contributed by atoms with Crippen molar-refractivity contribution in [1.82, 2.24) is 0 Å². The summed E-state index contributed by atoms with van der Waals surface area (Å²) in [6.07, 6.45) is -5.12. The van der Waals surface area contributed by atoms with Crippen LogP contribution in [0.4, 0.5) is 0 Å². The van der Waals surface area contributed by atoms with Gasteiger partial charge in [0.05, 0.1) is 27.2 Å². The quantitative estimate of drug-likeness (QED) is 0.235. The van der Waals surface area contributed by atoms with Crippen LogP contribution in [0.2, 0.25) is 0 Å². The predicted octanol–water partition coefficient (Wildman–Crippen LogP) is -1.75. The Kier molecular flexibility index (Phi) is 9.73. The Morgan fingerprint density at radius 2 is 1.30 bits per heavy atom. The maximum absolute atomic E-state index is 12.6. The third kappa shape index (κ3) is 6.38. The van der Waals surface area contributed by atoms with Gasteiger partial charge in [0, 0.05) is 20.8 Å². The standard InChI is InChI=1S/C19H26O14/c1-8(20)30-7-11-14(31-9(2)21)15(32-10(3)22)13(19(26,33-11)18(25)29-6)12(16(23)27-4)17(24)28-5/h11-15,26H,7H2,1-6H3/t11-,13-,14+,15-,19+/m1/s1. The van der Waals surface area contributed by atoms with Gasteiger partial charge in [0.25, 0.3) is 5.79 Å². The molecule has 0 aromatic carbocycles. The second-order valence-corrected chi connectivity index (χ2v) is 6.84. The summed E-state index contributed by atoms with van der Waals surface area (Å²) in [5.74, 6) is -14.2. The number of hydrogen-bond acceptors (Lipinski definition) is 14. The van der Waals surface area contributed by atoms with E-state index in [-0.39, 0.29) is 0 Å². The molecular weight excluding hydrogens is 452 g/mol. The topological polar surface area (TPSA) is 187 Å². The van der Waals surface area contributed by atoms with E-state index in [2.05, 4.69) is 14.2 Å². The Hall–Kier alpha value is -3.26. The van der Waals surface area contributed by atoms with Crippen LogP contribution in [0.5, 0.6) is 0 Å². The van der Waals surface area contributed by atoms with Crippen molar-refractivity contribution in [2.45, 2.75) is 44.9 Å². The molecule has 1 N–H and O–H groups in total. The van der Waals surface area contributed by atoms with E-state index in [1.165, 1.54) is 0 Å². The summed E-state index contributed by atoms with van der Waals surface area (Å²) < 4.78 is 34.4. The number of esters is 6. The minimum atomic E-state index is -3.15. The molecule has 1 fully saturated rings. The van der Waals surface area contributed by atoms with Crippen molar-refractivity contribution in [2.24, 2.45) is 11.8 Å². The predicted molar refractivity (Wildman–Crippen MR) is 101 cm³/mol. The van der Waals surface area contributed by atoms with E-state index in [0.717, 1.165) is 42.1 Å². The molecule has 0 unspecified atom stereocenters. The van der Waals surface area contributed by atoms with Gasteiger partial charge in [-0.1, -0.05) is 0 Å². The van der Waals surface area contributed by atoms with Crippen molar-refractivity contribution >= 4 is 35.8 Å². The van der Waals surface area contributed by atoms with Crippen LogP contribution in [-0.4, -0.2) is 93.0 Å². The van der Waals surface area contributed by atoms with E-state index in [1.54, 1.807) is 0 Å². The van der Waals surface area contributed by atoms with E-state index < -0.39 is 78.4 Å². The van der Waals surface area contributed by atoms with Crippen molar-refractivity contribution in [3.05, 3.63) is 0 Å². The van der Waals surface area contributed by atoms with E-state index in [9.17, 15) is 33.9 Å². The fraction of sp³-hybridized carbons (Fsp3) is 0.684. The number of carbonyl (C=O) groups excluding carboxylic acids is 6. The number of methoxy groups -OCH3 is 3. The Bertz CT molecular complexity index is 775. The Balaban J connectivity index is 3.83. The van der Waals surface area contributed by atoms with Gasteiger partial charge in [-0.25, -0.2) is 4.79 Å². The number of hydrogen-bond donors (Lipinski definition) is 1. The van der Waals surface area contributed by atoms with Crippen molar-refractivity contribution in [2.75, 3.05) is 27.9 Å². The molecule has 0 aliphatic carbocycles. The molecule has 1 aliphatic heterocycles. The largest absolute Gasteiger partial charge is 0.468 e. The summed E-state index contributed by atoms with van der Waals surface area (Å²) in [6, 6.07) is 0. The minimum absolute atomic E-state index is 0.682. The smallest absolute Gasteiger partial charge is 0.366 e. The summed E-state index contributed by atoms with van der Waals surface area (Å²) in [5.41, 5.74) is 0. The molecule has 1 heterocycles. The summed E-state index contributed by atoms with van der Waals surface area (Å²) in [6.45, 7) is 2.30. The SMILES string of the molecule is COC(=O)C(C(=O)OC)[C@@H]1[C@@H](OC(C)=O)[C@@H](OC(C)=O)[C@@H](COC(C)=O)O[C@]1(O)C(=O)OC. The first-order chi connectivity index (χ1) is 15.3. The Morgan fingerprint density at radius 1 is 0.818 bits per heavy atom. The van der Waals surface area contributed by atoms with Crippen LogP contribution in [0.15, 0.2) is 0 Å². The molecule has 33 heavy (non-hydrogen) atoms. The average Bonchev–Trinajstić information content (AvgIpc) is 2.74. The summed E-state index contributed by atoms with van der Waals surface area (Å²) in [7, 11) is 2.69. The highest BCUT2D eigenvalue weighted by Gasteiger charge is 2.67. The van der Waals surface area contributed by atoms with Crippen LogP contribution in [0.25, 0.3) is 0 Å². The van der Waals surface area contributed by atoms with Gasteiger partial charge in [-0.05, 0) is 0 Å². The molecule has 186 valence electrons. The number of rotatable bonds is 8. The summed E-state index contributed by atoms with van der Waals surface area (Å²) in [5, 5.41) is 11.2. The zero-order chi connectivity index (χ0) is 25.5. The fourth-order valence-electron chi connectivity index (χ4n) is 3.40. The highest BCUT2D eigenvalue weighted by molar-refractivity contribution is 5.96. The highest BCUT2D eigenvalue weighted by atomic mass is 16.7. The van der Waals surface area contributed by atoms with Crippen LogP contribution in [0, 0.1) is 11.8 Å². The van der Waals surface area contributed by atoms with Gasteiger partial charge in [-0.15, -0.1) is 0 Å². The molecule has 1 saturated heterocycles. The number of ether oxygens (including phenoxy) is 7. The van der Waals surface area contributed by atoms with Crippen molar-refractivity contribution in [3.63, 3.8) is 0 Å². The van der Waals surface area contributed by atoms with Crippen LogP contribution in [0.3, 0.4) is 0 Å². The van der Waals surface area contributed by atoms with Gasteiger partial charge in [0.2, 0.25) is 0 Å². The van der Waals surface area contributed by atoms with Gasteiger partial charge < -0.3 is 38.3 Å². The zero-order valence-corrected chi connectivity index (χ0v) is 18.8. The molecular formula is C19H26O14. The molecule has 0 bridgehead atoms. The first kappa shape index (κ1) is 27.8. The van der Waals surface area contributed by atoms with E-state index in [0.29, 0.717) is 0 Å². The lowest BCUT2D eigenvalue weighted by atomic mass is 9.75. The third-order valence-electron chi connectivity index (χ3n) is 4.63. The highest BCUT2D eigenvalue weighted by Crippen LogP contribution is 2.42. The fourth-order valence-corrected chi connectivity index (χ4v) is 3.40. The number of carbonyl (C=O) groups is 6. The Morgan fingerprint density at radius 3 is 1.70 bits per heavy atom. The summed E-state index contributed by atoms with van der Waals surface area (Å²) >= 11 is 0. The molecule has 0 radical (unpaired) electrons. The van der Waals surface area contributed by atoms with Crippen LogP contribution >= 0.6 is 0 Å². The van der Waals surface area contributed by atoms with Gasteiger partial charge in [-0.3, -0.25) is 24.0 Å². The van der Waals surface area contributed by atoms with Gasteiger partial charge in [-0.2, -0.15) is 0 Å². The average molecular weight is 478 g/mol. The van der Waals surface area contributed by atoms with Gasteiger partial charge >= 0.3 is 35.8 Å². The van der Waals surface area contributed by atoms with E-state index >= 15 is 0 Å². The number of aliphatic hydroxyl groups is 1. The molecule has 14 nitrogen and oxygen atoms in total. The lowest BCUT2D eigenvalue weighted by Crippen LogP contribution is -2.70. The molecule has 1 rings (SSSR count). The van der Waals surface area contributed by atoms with Crippen molar-refractivity contribution < 1.29 is 67.0 Å². The van der Waals surface area contributed by atoms with Crippen LogP contribution in [0.1, 0.15) is 20.8 Å². The van der Waals surface area contributed by atoms with Crippen molar-refractivity contribution in [3.8, 4) is 0 Å². The molecule has 14 heteroatoms. The molecule has 0 amide bonds. The first-order valence-electron chi connectivity index (χ1n) is 9.46. The maximum Gasteiger partial charge on any atom is 0.366 e. The monoisotopic (exact) mass is 478 g/mol. The molecule has 0 aromatic heterocycles. The first-order valence-corrected chi connectivity index (χ1v) is 9.46. The van der Waals surface area contributed by atoms with E-state index in [4.69, 9.17) is 18.9 Å². The normalized spacial score (nSPS) is 26.5. The van der Waals surface area contributed by atoms with Gasteiger partial charge in [0.15, 0.2) is 18.1 Å². The lowest BCUT2D eigenvalue weighted by molar-refractivity contribution is -0.334. The maximum atomic E-state index is 12.6. The van der Waals surface area contributed by atoms with Crippen molar-refractivity contribution in [1.29, 1.82) is 0 Å².